The second-order valence-corrected chi connectivity index (χ2v) is 8.21. The summed E-state index contributed by atoms with van der Waals surface area (Å²) in [5.41, 5.74) is 1.22. The van der Waals surface area contributed by atoms with Gasteiger partial charge in [-0.25, -0.2) is 0 Å². The lowest BCUT2D eigenvalue weighted by atomic mass is 9.87. The van der Waals surface area contributed by atoms with Gasteiger partial charge in [-0.3, -0.25) is 9.78 Å². The molecular weight excluding hydrogens is 342 g/mol. The number of nitrogens with zero attached hydrogens (tertiary/aromatic N) is 1. The Morgan fingerprint density at radius 1 is 1.27 bits per heavy atom. The van der Waals surface area contributed by atoms with Gasteiger partial charge in [0, 0.05) is 23.0 Å². The van der Waals surface area contributed by atoms with Crippen LogP contribution in [0.5, 0.6) is 0 Å². The van der Waals surface area contributed by atoms with Crippen LogP contribution >= 0.6 is 11.8 Å². The van der Waals surface area contributed by atoms with Crippen molar-refractivity contribution < 1.29 is 9.90 Å². The van der Waals surface area contributed by atoms with E-state index in [1.165, 1.54) is 5.57 Å². The summed E-state index contributed by atoms with van der Waals surface area (Å²) >= 11 is 1.68. The highest BCUT2D eigenvalue weighted by atomic mass is 32.2. The van der Waals surface area contributed by atoms with Crippen molar-refractivity contribution in [2.75, 3.05) is 5.75 Å². The Balaban J connectivity index is 2.38. The van der Waals surface area contributed by atoms with Crippen LogP contribution in [0.2, 0.25) is 0 Å². The molecule has 3 nitrogen and oxygen atoms in total. The largest absolute Gasteiger partial charge is 0.392 e. The fourth-order valence-electron chi connectivity index (χ4n) is 2.84. The molecule has 1 aromatic rings. The van der Waals surface area contributed by atoms with Crippen LogP contribution in [-0.4, -0.2) is 28.2 Å². The molecule has 0 aliphatic heterocycles. The van der Waals surface area contributed by atoms with Gasteiger partial charge in [0.25, 0.3) is 0 Å². The zero-order chi connectivity index (χ0) is 19.2. The molecule has 1 N–H and O–H groups in total. The molecule has 1 unspecified atom stereocenters. The Labute approximate surface area is 163 Å². The van der Waals surface area contributed by atoms with E-state index in [0.717, 1.165) is 49.7 Å². The first kappa shape index (κ1) is 22.7. The summed E-state index contributed by atoms with van der Waals surface area (Å²) < 4.78 is 0. The van der Waals surface area contributed by atoms with Crippen molar-refractivity contribution in [3.8, 4) is 0 Å². The van der Waals surface area contributed by atoms with E-state index in [1.807, 2.05) is 18.2 Å². The molecule has 0 aromatic carbocycles. The van der Waals surface area contributed by atoms with E-state index in [0.29, 0.717) is 11.7 Å². The Morgan fingerprint density at radius 3 is 2.65 bits per heavy atom. The van der Waals surface area contributed by atoms with Crippen LogP contribution in [0.1, 0.15) is 52.4 Å². The molecule has 3 atom stereocenters. The summed E-state index contributed by atoms with van der Waals surface area (Å²) in [6.45, 7) is 8.22. The van der Waals surface area contributed by atoms with Crippen molar-refractivity contribution in [1.29, 1.82) is 0 Å². The molecule has 0 amide bonds. The van der Waals surface area contributed by atoms with E-state index < -0.39 is 0 Å². The van der Waals surface area contributed by atoms with Gasteiger partial charge < -0.3 is 5.11 Å². The maximum atomic E-state index is 10.5. The summed E-state index contributed by atoms with van der Waals surface area (Å²) in [5.74, 6) is 1.61. The fourth-order valence-corrected chi connectivity index (χ4v) is 3.84. The summed E-state index contributed by atoms with van der Waals surface area (Å²) in [7, 11) is 0. The average molecular weight is 376 g/mol. The zero-order valence-electron chi connectivity index (χ0n) is 16.1. The molecule has 0 aliphatic carbocycles. The highest BCUT2D eigenvalue weighted by molar-refractivity contribution is 7.99. The van der Waals surface area contributed by atoms with Crippen molar-refractivity contribution in [2.24, 2.45) is 11.8 Å². The van der Waals surface area contributed by atoms with Crippen LogP contribution in [0.25, 0.3) is 0 Å². The number of carbonyl (C=O) groups is 1. The number of hydrogen-bond donors (Lipinski definition) is 1. The molecule has 26 heavy (non-hydrogen) atoms. The van der Waals surface area contributed by atoms with Crippen LogP contribution in [0, 0.1) is 11.8 Å². The molecule has 0 saturated carbocycles. The summed E-state index contributed by atoms with van der Waals surface area (Å²) in [5, 5.41) is 10.5. The number of hydrogen-bond acceptors (Lipinski definition) is 4. The van der Waals surface area contributed by atoms with Gasteiger partial charge in [-0.1, -0.05) is 25.0 Å². The lowest BCUT2D eigenvalue weighted by Crippen LogP contribution is -2.21. The number of carbonyl (C=O) groups excluding carboxylic acids is 1. The minimum atomic E-state index is -0.301. The number of aliphatic hydroxyl groups excluding tert-OH is 1. The monoisotopic (exact) mass is 375 g/mol. The molecule has 144 valence electrons. The summed E-state index contributed by atoms with van der Waals surface area (Å²) in [6.07, 6.45) is 14.0. The molecule has 1 rings (SSSR count). The van der Waals surface area contributed by atoms with Crippen molar-refractivity contribution in [3.63, 3.8) is 0 Å². The van der Waals surface area contributed by atoms with Gasteiger partial charge in [0.1, 0.15) is 6.29 Å². The van der Waals surface area contributed by atoms with Gasteiger partial charge in [-0.05, 0) is 69.1 Å². The van der Waals surface area contributed by atoms with Crippen LogP contribution in [0.15, 0.2) is 53.7 Å². The molecule has 1 aromatic heterocycles. The number of allylic oxidation sites excluding steroid dienone is 3. The van der Waals surface area contributed by atoms with E-state index in [-0.39, 0.29) is 12.0 Å². The molecule has 1 heterocycles. The van der Waals surface area contributed by atoms with E-state index >= 15 is 0 Å². The number of aldehydes is 1. The number of aliphatic hydroxyl groups is 1. The standard InChI is InChI=1S/C22H33NO2S/c1-18(2)8-10-20(7-5-4-6-16-24)11-9-19(3)22(25)17-26-21-12-14-23-15-13-21/h4,6,12-16,19-20,22,25H,1,5,7-11,17H2,2-3H3/b6-4-/t19-,20?,22-/m1/s1. The third kappa shape index (κ3) is 10.6. The topological polar surface area (TPSA) is 50.2 Å². The van der Waals surface area contributed by atoms with Crippen LogP contribution in [-0.2, 0) is 4.79 Å². The van der Waals surface area contributed by atoms with E-state index in [1.54, 1.807) is 30.2 Å². The minimum Gasteiger partial charge on any atom is -0.392 e. The van der Waals surface area contributed by atoms with Gasteiger partial charge in [-0.15, -0.1) is 18.3 Å². The molecule has 4 heteroatoms. The summed E-state index contributed by atoms with van der Waals surface area (Å²) in [4.78, 5) is 15.5. The third-order valence-corrected chi connectivity index (χ3v) is 5.81. The molecular formula is C22H33NO2S. The Hall–Kier alpha value is -1.39. The van der Waals surface area contributed by atoms with Crippen LogP contribution in [0.4, 0.5) is 0 Å². The number of rotatable bonds is 14. The summed E-state index contributed by atoms with van der Waals surface area (Å²) in [6, 6.07) is 3.95. The molecule has 0 saturated heterocycles. The van der Waals surface area contributed by atoms with Gasteiger partial charge >= 0.3 is 0 Å². The van der Waals surface area contributed by atoms with Crippen molar-refractivity contribution in [3.05, 3.63) is 48.8 Å². The highest BCUT2D eigenvalue weighted by Gasteiger charge is 2.17. The van der Waals surface area contributed by atoms with Crippen LogP contribution in [0.3, 0.4) is 0 Å². The zero-order valence-corrected chi connectivity index (χ0v) is 17.0. The lowest BCUT2D eigenvalue weighted by molar-refractivity contribution is -0.104. The van der Waals surface area contributed by atoms with E-state index in [4.69, 9.17) is 0 Å². The van der Waals surface area contributed by atoms with Crippen LogP contribution < -0.4 is 0 Å². The third-order valence-electron chi connectivity index (χ3n) is 4.69. The van der Waals surface area contributed by atoms with Gasteiger partial charge in [0.05, 0.1) is 6.10 Å². The Kier molecular flexibility index (Phi) is 12.0. The number of thioether (sulfide) groups is 1. The molecule has 0 radical (unpaired) electrons. The Morgan fingerprint density at radius 2 is 2.00 bits per heavy atom. The minimum absolute atomic E-state index is 0.280. The molecule has 0 bridgehead atoms. The normalized spacial score (nSPS) is 14.9. The van der Waals surface area contributed by atoms with Gasteiger partial charge in [0.15, 0.2) is 0 Å². The SMILES string of the molecule is C=C(C)CCC(CC/C=C\C=O)CC[C@@H](C)[C@H](O)CSc1ccncc1. The Bertz CT molecular complexity index is 544. The maximum Gasteiger partial charge on any atom is 0.142 e. The highest BCUT2D eigenvalue weighted by Crippen LogP contribution is 2.27. The van der Waals surface area contributed by atoms with Gasteiger partial charge in [0.2, 0.25) is 0 Å². The molecule has 0 fully saturated rings. The predicted octanol–water partition coefficient (Wildman–Crippen LogP) is 5.46. The quantitative estimate of drug-likeness (QED) is 0.203. The van der Waals surface area contributed by atoms with E-state index in [9.17, 15) is 9.90 Å². The second kappa shape index (κ2) is 13.8. The predicted molar refractivity (Wildman–Crippen MR) is 111 cm³/mol. The first-order chi connectivity index (χ1) is 12.5. The fraction of sp³-hybridized carbons (Fsp3) is 0.545. The first-order valence-corrected chi connectivity index (χ1v) is 10.5. The smallest absolute Gasteiger partial charge is 0.142 e. The van der Waals surface area contributed by atoms with Gasteiger partial charge in [-0.2, -0.15) is 0 Å². The van der Waals surface area contributed by atoms with Crippen molar-refractivity contribution in [2.45, 2.75) is 63.4 Å². The van der Waals surface area contributed by atoms with E-state index in [2.05, 4.69) is 25.4 Å². The second-order valence-electron chi connectivity index (χ2n) is 7.12. The molecule has 0 aliphatic rings. The maximum absolute atomic E-state index is 10.5. The number of aromatic nitrogens is 1. The molecule has 0 spiro atoms. The average Bonchev–Trinajstić information content (AvgIpc) is 2.65. The van der Waals surface area contributed by atoms with Crippen molar-refractivity contribution in [1.82, 2.24) is 4.98 Å². The van der Waals surface area contributed by atoms with Crippen molar-refractivity contribution >= 4 is 18.0 Å². The number of pyridine rings is 1. The lowest BCUT2D eigenvalue weighted by Gasteiger charge is -2.22. The first-order valence-electron chi connectivity index (χ1n) is 9.48.